The molecule has 0 aliphatic carbocycles. The third kappa shape index (κ3) is 3.17. The molecule has 0 amide bonds. The largest absolute Gasteiger partial charge is 0.313 e. The fourth-order valence-corrected chi connectivity index (χ4v) is 2.33. The number of halogens is 1. The molecule has 19 heavy (non-hydrogen) atoms. The van der Waals surface area contributed by atoms with Crippen LogP contribution in [0.4, 0.5) is 0 Å². The molecule has 1 heterocycles. The Morgan fingerprint density at radius 3 is 2.68 bits per heavy atom. The highest BCUT2D eigenvalue weighted by molar-refractivity contribution is 6.31. The van der Waals surface area contributed by atoms with E-state index in [9.17, 15) is 0 Å². The summed E-state index contributed by atoms with van der Waals surface area (Å²) in [7, 11) is 0. The van der Waals surface area contributed by atoms with Crippen molar-refractivity contribution >= 4 is 11.6 Å². The van der Waals surface area contributed by atoms with Crippen molar-refractivity contribution in [2.45, 2.75) is 33.9 Å². The predicted molar refractivity (Wildman–Crippen MR) is 80.5 cm³/mol. The quantitative estimate of drug-likeness (QED) is 0.904. The molecule has 0 saturated carbocycles. The SMILES string of the molecule is CCNCc1ccc(-c2cn(CC)nc2C)cc1Cl. The first-order valence-electron chi connectivity index (χ1n) is 6.69. The first-order chi connectivity index (χ1) is 9.15. The highest BCUT2D eigenvalue weighted by Gasteiger charge is 2.09. The smallest absolute Gasteiger partial charge is 0.0672 e. The second-order valence-corrected chi connectivity index (χ2v) is 4.98. The van der Waals surface area contributed by atoms with E-state index in [0.29, 0.717) is 0 Å². The number of rotatable bonds is 5. The summed E-state index contributed by atoms with van der Waals surface area (Å²) in [4.78, 5) is 0. The molecule has 2 aromatic rings. The van der Waals surface area contributed by atoms with Crippen LogP contribution in [0.2, 0.25) is 5.02 Å². The molecule has 0 aliphatic rings. The summed E-state index contributed by atoms with van der Waals surface area (Å²) in [6.07, 6.45) is 2.07. The maximum Gasteiger partial charge on any atom is 0.0672 e. The van der Waals surface area contributed by atoms with E-state index in [-0.39, 0.29) is 0 Å². The van der Waals surface area contributed by atoms with E-state index in [1.54, 1.807) is 0 Å². The van der Waals surface area contributed by atoms with Gasteiger partial charge in [-0.1, -0.05) is 30.7 Å². The maximum atomic E-state index is 6.34. The molecule has 1 aromatic carbocycles. The monoisotopic (exact) mass is 277 g/mol. The summed E-state index contributed by atoms with van der Waals surface area (Å²) in [5.74, 6) is 0. The number of nitrogens with zero attached hydrogens (tertiary/aromatic N) is 2. The minimum absolute atomic E-state index is 0.807. The van der Waals surface area contributed by atoms with Gasteiger partial charge in [-0.15, -0.1) is 0 Å². The Bertz CT molecular complexity index is 561. The lowest BCUT2D eigenvalue weighted by atomic mass is 10.0. The molecule has 0 atom stereocenters. The Labute approximate surface area is 119 Å². The van der Waals surface area contributed by atoms with Crippen molar-refractivity contribution in [1.82, 2.24) is 15.1 Å². The Kier molecular flexibility index (Phi) is 4.61. The van der Waals surface area contributed by atoms with E-state index in [4.69, 9.17) is 11.6 Å². The van der Waals surface area contributed by atoms with Gasteiger partial charge in [0.2, 0.25) is 0 Å². The van der Waals surface area contributed by atoms with Crippen molar-refractivity contribution in [1.29, 1.82) is 0 Å². The predicted octanol–water partition coefficient (Wildman–Crippen LogP) is 3.64. The first-order valence-corrected chi connectivity index (χ1v) is 7.07. The van der Waals surface area contributed by atoms with Crippen molar-refractivity contribution in [3.8, 4) is 11.1 Å². The normalized spacial score (nSPS) is 10.9. The minimum atomic E-state index is 0.807. The molecule has 0 fully saturated rings. The highest BCUT2D eigenvalue weighted by atomic mass is 35.5. The molecule has 102 valence electrons. The molecule has 1 aromatic heterocycles. The van der Waals surface area contributed by atoms with Gasteiger partial charge in [0.15, 0.2) is 0 Å². The molecule has 0 aliphatic heterocycles. The van der Waals surface area contributed by atoms with Crippen molar-refractivity contribution in [3.05, 3.63) is 40.7 Å². The fraction of sp³-hybridized carbons (Fsp3) is 0.400. The zero-order valence-electron chi connectivity index (χ0n) is 11.7. The van der Waals surface area contributed by atoms with Gasteiger partial charge >= 0.3 is 0 Å². The van der Waals surface area contributed by atoms with Crippen LogP contribution in [0.15, 0.2) is 24.4 Å². The number of hydrogen-bond donors (Lipinski definition) is 1. The van der Waals surface area contributed by atoms with Crippen LogP contribution in [0.1, 0.15) is 25.1 Å². The van der Waals surface area contributed by atoms with E-state index < -0.39 is 0 Å². The number of hydrogen-bond acceptors (Lipinski definition) is 2. The lowest BCUT2D eigenvalue weighted by molar-refractivity contribution is 0.653. The van der Waals surface area contributed by atoms with E-state index >= 15 is 0 Å². The van der Waals surface area contributed by atoms with Gasteiger partial charge in [-0.25, -0.2) is 0 Å². The fourth-order valence-electron chi connectivity index (χ4n) is 2.08. The van der Waals surface area contributed by atoms with E-state index in [1.165, 1.54) is 0 Å². The zero-order chi connectivity index (χ0) is 13.8. The summed E-state index contributed by atoms with van der Waals surface area (Å²) >= 11 is 6.34. The number of benzene rings is 1. The van der Waals surface area contributed by atoms with E-state index in [1.807, 2.05) is 17.7 Å². The Morgan fingerprint density at radius 1 is 1.32 bits per heavy atom. The van der Waals surface area contributed by atoms with Crippen LogP contribution < -0.4 is 5.32 Å². The molecule has 0 radical (unpaired) electrons. The molecule has 1 N–H and O–H groups in total. The van der Waals surface area contributed by atoms with Gasteiger partial charge < -0.3 is 5.32 Å². The third-order valence-corrected chi connectivity index (χ3v) is 3.55. The van der Waals surface area contributed by atoms with Crippen molar-refractivity contribution in [2.75, 3.05) is 6.54 Å². The molecule has 0 unspecified atom stereocenters. The van der Waals surface area contributed by atoms with Crippen LogP contribution in [0.5, 0.6) is 0 Å². The molecular formula is C15H20ClN3. The van der Waals surface area contributed by atoms with Gasteiger partial charge in [-0.3, -0.25) is 4.68 Å². The van der Waals surface area contributed by atoms with Crippen molar-refractivity contribution < 1.29 is 0 Å². The zero-order valence-corrected chi connectivity index (χ0v) is 12.5. The number of aromatic nitrogens is 2. The van der Waals surface area contributed by atoms with Gasteiger partial charge in [-0.2, -0.15) is 5.10 Å². The lowest BCUT2D eigenvalue weighted by Gasteiger charge is -2.07. The molecule has 0 spiro atoms. The standard InChI is InChI=1S/C15H20ClN3/c1-4-17-9-13-7-6-12(8-15(13)16)14-10-19(5-2)18-11(14)3/h6-8,10,17H,4-5,9H2,1-3H3. The van der Waals surface area contributed by atoms with Crippen LogP contribution in [-0.4, -0.2) is 16.3 Å². The van der Waals surface area contributed by atoms with Crippen LogP contribution in [0, 0.1) is 6.92 Å². The van der Waals surface area contributed by atoms with Crippen molar-refractivity contribution in [2.24, 2.45) is 0 Å². The van der Waals surface area contributed by atoms with Gasteiger partial charge in [0, 0.05) is 29.9 Å². The summed E-state index contributed by atoms with van der Waals surface area (Å²) in [5, 5.41) is 8.56. The molecule has 0 saturated heterocycles. The Morgan fingerprint density at radius 2 is 2.11 bits per heavy atom. The molecular weight excluding hydrogens is 258 g/mol. The summed E-state index contributed by atoms with van der Waals surface area (Å²) in [6.45, 7) is 8.84. The molecule has 3 nitrogen and oxygen atoms in total. The number of aryl methyl sites for hydroxylation is 2. The second-order valence-electron chi connectivity index (χ2n) is 4.57. The van der Waals surface area contributed by atoms with E-state index in [2.05, 4.69) is 42.6 Å². The Balaban J connectivity index is 2.30. The molecule has 4 heteroatoms. The van der Waals surface area contributed by atoms with Crippen LogP contribution >= 0.6 is 11.6 Å². The second kappa shape index (κ2) is 6.22. The number of nitrogens with one attached hydrogen (secondary N) is 1. The average molecular weight is 278 g/mol. The van der Waals surface area contributed by atoms with E-state index in [0.717, 1.165) is 47.0 Å². The minimum Gasteiger partial charge on any atom is -0.313 e. The van der Waals surface area contributed by atoms with Crippen LogP contribution in [0.25, 0.3) is 11.1 Å². The summed E-state index contributed by atoms with van der Waals surface area (Å²) in [5.41, 5.74) is 4.45. The highest BCUT2D eigenvalue weighted by Crippen LogP contribution is 2.27. The lowest BCUT2D eigenvalue weighted by Crippen LogP contribution is -2.11. The Hall–Kier alpha value is -1.32. The van der Waals surface area contributed by atoms with Crippen LogP contribution in [-0.2, 0) is 13.1 Å². The average Bonchev–Trinajstić information content (AvgIpc) is 2.78. The van der Waals surface area contributed by atoms with Gasteiger partial charge in [0.1, 0.15) is 0 Å². The maximum absolute atomic E-state index is 6.34. The molecule has 2 rings (SSSR count). The van der Waals surface area contributed by atoms with Gasteiger partial charge in [0.05, 0.1) is 5.69 Å². The van der Waals surface area contributed by atoms with Gasteiger partial charge in [0.25, 0.3) is 0 Å². The van der Waals surface area contributed by atoms with Crippen molar-refractivity contribution in [3.63, 3.8) is 0 Å². The first kappa shape index (κ1) is 14.1. The molecule has 0 bridgehead atoms. The third-order valence-electron chi connectivity index (χ3n) is 3.20. The summed E-state index contributed by atoms with van der Waals surface area (Å²) in [6, 6.07) is 6.23. The summed E-state index contributed by atoms with van der Waals surface area (Å²) < 4.78 is 1.95. The van der Waals surface area contributed by atoms with Gasteiger partial charge in [-0.05, 0) is 37.6 Å². The topological polar surface area (TPSA) is 29.9 Å². The van der Waals surface area contributed by atoms with Crippen LogP contribution in [0.3, 0.4) is 0 Å².